The third-order valence-electron chi connectivity index (χ3n) is 3.30. The third kappa shape index (κ3) is 4.19. The number of thioether (sulfide) groups is 1. The lowest BCUT2D eigenvalue weighted by molar-refractivity contribution is -0.114. The fourth-order valence-electron chi connectivity index (χ4n) is 2.14. The normalized spacial score (nSPS) is 10.4. The molecule has 2 aromatic rings. The number of benzene rings is 1. The molecule has 1 aromatic heterocycles. The van der Waals surface area contributed by atoms with Crippen LogP contribution in [0.5, 0.6) is 0 Å². The number of nitrogens with one attached hydrogen (secondary N) is 1. The van der Waals surface area contributed by atoms with Gasteiger partial charge in [-0.25, -0.2) is 14.4 Å². The monoisotopic (exact) mass is 334 g/mol. The molecule has 122 valence electrons. The standard InChI is InChI=1S/C16H19FN4OS/c1-4-11-15(17)16(19-10-18-11)21(2)9-14(22)20-12-7-5-6-8-13(12)23-3/h5-8,10H,4,9H2,1-3H3,(H,20,22). The van der Waals surface area contributed by atoms with Crippen LogP contribution < -0.4 is 10.2 Å². The van der Waals surface area contributed by atoms with Crippen LogP contribution in [0.4, 0.5) is 15.9 Å². The summed E-state index contributed by atoms with van der Waals surface area (Å²) in [7, 11) is 1.63. The molecule has 0 fully saturated rings. The molecule has 0 aliphatic rings. The predicted molar refractivity (Wildman–Crippen MR) is 91.5 cm³/mol. The highest BCUT2D eigenvalue weighted by Gasteiger charge is 2.16. The van der Waals surface area contributed by atoms with Gasteiger partial charge in [0.25, 0.3) is 0 Å². The molecule has 2 rings (SSSR count). The first kappa shape index (κ1) is 17.2. The molecule has 1 heterocycles. The fraction of sp³-hybridized carbons (Fsp3) is 0.312. The first-order valence-electron chi connectivity index (χ1n) is 7.20. The van der Waals surface area contributed by atoms with Crippen LogP contribution >= 0.6 is 11.8 Å². The number of nitrogens with zero attached hydrogens (tertiary/aromatic N) is 3. The van der Waals surface area contributed by atoms with Gasteiger partial charge in [-0.3, -0.25) is 4.79 Å². The minimum absolute atomic E-state index is 0.000196. The molecule has 0 saturated heterocycles. The van der Waals surface area contributed by atoms with Crippen LogP contribution in [-0.4, -0.2) is 35.7 Å². The summed E-state index contributed by atoms with van der Waals surface area (Å²) in [5, 5.41) is 2.84. The van der Waals surface area contributed by atoms with E-state index in [1.165, 1.54) is 11.2 Å². The number of carbonyl (C=O) groups is 1. The molecule has 1 N–H and O–H groups in total. The Hall–Kier alpha value is -2.15. The van der Waals surface area contributed by atoms with Gasteiger partial charge in [0, 0.05) is 11.9 Å². The second kappa shape index (κ2) is 7.92. The van der Waals surface area contributed by atoms with Crippen LogP contribution in [0.15, 0.2) is 35.5 Å². The molecular formula is C16H19FN4OS. The number of anilines is 2. The van der Waals surface area contributed by atoms with E-state index in [4.69, 9.17) is 0 Å². The first-order valence-corrected chi connectivity index (χ1v) is 8.42. The molecule has 1 aromatic carbocycles. The maximum atomic E-state index is 14.2. The minimum atomic E-state index is -0.477. The van der Waals surface area contributed by atoms with E-state index >= 15 is 0 Å². The average molecular weight is 334 g/mol. The molecule has 1 amide bonds. The molecule has 7 heteroatoms. The fourth-order valence-corrected chi connectivity index (χ4v) is 2.69. The SMILES string of the molecule is CCc1ncnc(N(C)CC(=O)Nc2ccccc2SC)c1F. The van der Waals surface area contributed by atoms with Crippen molar-refractivity contribution >= 4 is 29.2 Å². The maximum absolute atomic E-state index is 14.2. The molecule has 0 aliphatic carbocycles. The van der Waals surface area contributed by atoms with Crippen LogP contribution in [0.3, 0.4) is 0 Å². The second-order valence-electron chi connectivity index (χ2n) is 4.92. The van der Waals surface area contributed by atoms with Gasteiger partial charge in [-0.15, -0.1) is 11.8 Å². The summed E-state index contributed by atoms with van der Waals surface area (Å²) in [4.78, 5) is 22.5. The van der Waals surface area contributed by atoms with Gasteiger partial charge in [0.05, 0.1) is 17.9 Å². The Balaban J connectivity index is 2.08. The summed E-state index contributed by atoms with van der Waals surface area (Å²) in [5.74, 6) is -0.579. The van der Waals surface area contributed by atoms with Crippen molar-refractivity contribution < 1.29 is 9.18 Å². The Kier molecular flexibility index (Phi) is 5.92. The van der Waals surface area contributed by atoms with E-state index < -0.39 is 5.82 Å². The lowest BCUT2D eigenvalue weighted by atomic mass is 10.3. The Labute approximate surface area is 139 Å². The Morgan fingerprint density at radius 2 is 2.09 bits per heavy atom. The van der Waals surface area contributed by atoms with Crippen LogP contribution in [0.25, 0.3) is 0 Å². The summed E-state index contributed by atoms with van der Waals surface area (Å²) in [5.41, 5.74) is 1.09. The number of aryl methyl sites for hydroxylation is 1. The molecule has 0 atom stereocenters. The maximum Gasteiger partial charge on any atom is 0.243 e. The van der Waals surface area contributed by atoms with Crippen LogP contribution in [0, 0.1) is 5.82 Å². The highest BCUT2D eigenvalue weighted by atomic mass is 32.2. The molecule has 0 unspecified atom stereocenters. The van der Waals surface area contributed by atoms with E-state index in [0.717, 1.165) is 10.6 Å². The number of para-hydroxylation sites is 1. The largest absolute Gasteiger partial charge is 0.348 e. The van der Waals surface area contributed by atoms with Crippen molar-refractivity contribution in [2.45, 2.75) is 18.2 Å². The zero-order chi connectivity index (χ0) is 16.8. The van der Waals surface area contributed by atoms with Crippen molar-refractivity contribution in [1.29, 1.82) is 0 Å². The number of halogens is 1. The number of rotatable bonds is 6. The zero-order valence-electron chi connectivity index (χ0n) is 13.3. The number of carbonyl (C=O) groups excluding carboxylic acids is 1. The summed E-state index contributed by atoms with van der Waals surface area (Å²) in [6, 6.07) is 7.54. The predicted octanol–water partition coefficient (Wildman–Crippen LogP) is 2.97. The van der Waals surface area contributed by atoms with Gasteiger partial charge >= 0.3 is 0 Å². The number of aromatic nitrogens is 2. The zero-order valence-corrected chi connectivity index (χ0v) is 14.2. The molecule has 0 saturated carbocycles. The van der Waals surface area contributed by atoms with Gasteiger partial charge < -0.3 is 10.2 Å². The van der Waals surface area contributed by atoms with Gasteiger partial charge in [0.2, 0.25) is 5.91 Å². The molecule has 0 radical (unpaired) electrons. The van der Waals surface area contributed by atoms with E-state index in [1.807, 2.05) is 37.4 Å². The van der Waals surface area contributed by atoms with Gasteiger partial charge in [-0.1, -0.05) is 19.1 Å². The summed E-state index contributed by atoms with van der Waals surface area (Å²) in [6.45, 7) is 1.82. The summed E-state index contributed by atoms with van der Waals surface area (Å²) in [6.07, 6.45) is 3.73. The topological polar surface area (TPSA) is 58.1 Å². The number of hydrogen-bond acceptors (Lipinski definition) is 5. The van der Waals surface area contributed by atoms with Crippen molar-refractivity contribution in [3.05, 3.63) is 42.1 Å². The minimum Gasteiger partial charge on any atom is -0.348 e. The highest BCUT2D eigenvalue weighted by Crippen LogP contribution is 2.24. The number of likely N-dealkylation sites (N-methyl/N-ethyl adjacent to an activating group) is 1. The third-order valence-corrected chi connectivity index (χ3v) is 4.10. The van der Waals surface area contributed by atoms with Crippen molar-refractivity contribution in [2.24, 2.45) is 0 Å². The van der Waals surface area contributed by atoms with Crippen molar-refractivity contribution in [3.63, 3.8) is 0 Å². The van der Waals surface area contributed by atoms with Crippen molar-refractivity contribution in [3.8, 4) is 0 Å². The Morgan fingerprint density at radius 3 is 2.78 bits per heavy atom. The van der Waals surface area contributed by atoms with E-state index in [-0.39, 0.29) is 18.3 Å². The van der Waals surface area contributed by atoms with E-state index in [0.29, 0.717) is 12.1 Å². The van der Waals surface area contributed by atoms with E-state index in [9.17, 15) is 9.18 Å². The lowest BCUT2D eigenvalue weighted by Crippen LogP contribution is -2.31. The quantitative estimate of drug-likeness (QED) is 0.823. The Morgan fingerprint density at radius 1 is 1.35 bits per heavy atom. The Bertz CT molecular complexity index is 696. The molecule has 0 bridgehead atoms. The average Bonchev–Trinajstić information content (AvgIpc) is 2.55. The van der Waals surface area contributed by atoms with Gasteiger partial charge in [-0.05, 0) is 24.8 Å². The molecule has 23 heavy (non-hydrogen) atoms. The number of amides is 1. The second-order valence-corrected chi connectivity index (χ2v) is 5.76. The van der Waals surface area contributed by atoms with Crippen LogP contribution in [0.1, 0.15) is 12.6 Å². The smallest absolute Gasteiger partial charge is 0.243 e. The summed E-state index contributed by atoms with van der Waals surface area (Å²) < 4.78 is 14.2. The molecular weight excluding hydrogens is 315 g/mol. The molecule has 0 aliphatic heterocycles. The van der Waals surface area contributed by atoms with Crippen molar-refractivity contribution in [2.75, 3.05) is 30.1 Å². The van der Waals surface area contributed by atoms with Gasteiger partial charge in [0.15, 0.2) is 11.6 Å². The van der Waals surface area contributed by atoms with Crippen molar-refractivity contribution in [1.82, 2.24) is 9.97 Å². The van der Waals surface area contributed by atoms with E-state index in [1.54, 1.807) is 18.8 Å². The summed E-state index contributed by atoms with van der Waals surface area (Å²) >= 11 is 1.55. The first-order chi connectivity index (χ1) is 11.1. The van der Waals surface area contributed by atoms with Gasteiger partial charge in [0.1, 0.15) is 6.33 Å². The van der Waals surface area contributed by atoms with E-state index in [2.05, 4.69) is 15.3 Å². The van der Waals surface area contributed by atoms with Crippen LogP contribution in [0.2, 0.25) is 0 Å². The number of hydrogen-bond donors (Lipinski definition) is 1. The lowest BCUT2D eigenvalue weighted by Gasteiger charge is -2.19. The molecule has 5 nitrogen and oxygen atoms in total. The van der Waals surface area contributed by atoms with Crippen LogP contribution in [-0.2, 0) is 11.2 Å². The highest BCUT2D eigenvalue weighted by molar-refractivity contribution is 7.98. The molecule has 0 spiro atoms. The van der Waals surface area contributed by atoms with Gasteiger partial charge in [-0.2, -0.15) is 0 Å².